The first-order valence-corrected chi connectivity index (χ1v) is 7.03. The van der Waals surface area contributed by atoms with Gasteiger partial charge in [0.25, 0.3) is 0 Å². The quantitative estimate of drug-likeness (QED) is 0.767. The molecule has 2 aromatic carbocycles. The van der Waals surface area contributed by atoms with E-state index in [0.29, 0.717) is 5.41 Å². The summed E-state index contributed by atoms with van der Waals surface area (Å²) in [5.74, 6) is 0. The van der Waals surface area contributed by atoms with Gasteiger partial charge in [-0.15, -0.1) is 0 Å². The Morgan fingerprint density at radius 2 is 1.47 bits per heavy atom. The highest BCUT2D eigenvalue weighted by Crippen LogP contribution is 2.32. The molecule has 0 radical (unpaired) electrons. The fraction of sp³-hybridized carbons (Fsp3) is 0.444. The SMILES string of the molecule is CC(C)(C)CC(C)(C)Nc1cccc2ccccc12. The van der Waals surface area contributed by atoms with E-state index in [1.165, 1.54) is 16.5 Å². The van der Waals surface area contributed by atoms with Crippen molar-refractivity contribution in [1.29, 1.82) is 0 Å². The van der Waals surface area contributed by atoms with E-state index in [1.54, 1.807) is 0 Å². The zero-order chi connectivity index (χ0) is 14.1. The molecule has 0 atom stereocenters. The van der Waals surface area contributed by atoms with Crippen molar-refractivity contribution in [3.63, 3.8) is 0 Å². The lowest BCUT2D eigenvalue weighted by atomic mass is 9.81. The average molecular weight is 255 g/mol. The predicted octanol–water partition coefficient (Wildman–Crippen LogP) is 5.47. The molecule has 0 saturated heterocycles. The van der Waals surface area contributed by atoms with Gasteiger partial charge < -0.3 is 5.32 Å². The molecule has 0 amide bonds. The third-order valence-electron chi connectivity index (χ3n) is 3.23. The van der Waals surface area contributed by atoms with E-state index in [1.807, 2.05) is 0 Å². The number of fused-ring (bicyclic) bond motifs is 1. The van der Waals surface area contributed by atoms with E-state index in [9.17, 15) is 0 Å². The lowest BCUT2D eigenvalue weighted by Gasteiger charge is -2.34. The second-order valence-corrected chi connectivity index (χ2v) is 7.27. The monoisotopic (exact) mass is 255 g/mol. The van der Waals surface area contributed by atoms with Crippen LogP contribution in [0.3, 0.4) is 0 Å². The Kier molecular flexibility index (Phi) is 3.58. The molecule has 0 saturated carbocycles. The minimum atomic E-state index is 0.0857. The van der Waals surface area contributed by atoms with Crippen LogP contribution < -0.4 is 5.32 Å². The summed E-state index contributed by atoms with van der Waals surface area (Å²) < 4.78 is 0. The third-order valence-corrected chi connectivity index (χ3v) is 3.23. The van der Waals surface area contributed by atoms with Crippen molar-refractivity contribution in [3.05, 3.63) is 42.5 Å². The number of anilines is 1. The van der Waals surface area contributed by atoms with Gasteiger partial charge in [-0.05, 0) is 37.1 Å². The van der Waals surface area contributed by atoms with Crippen LogP contribution in [-0.2, 0) is 0 Å². The molecule has 19 heavy (non-hydrogen) atoms. The zero-order valence-corrected chi connectivity index (χ0v) is 12.7. The molecular weight excluding hydrogens is 230 g/mol. The van der Waals surface area contributed by atoms with Gasteiger partial charge in [0.1, 0.15) is 0 Å². The third kappa shape index (κ3) is 3.73. The molecule has 0 aliphatic rings. The van der Waals surface area contributed by atoms with Crippen LogP contribution in [0.25, 0.3) is 10.8 Å². The lowest BCUT2D eigenvalue weighted by Crippen LogP contribution is -2.35. The summed E-state index contributed by atoms with van der Waals surface area (Å²) in [6.07, 6.45) is 1.13. The Bertz CT molecular complexity index is 556. The molecule has 0 aliphatic heterocycles. The first kappa shape index (κ1) is 13.9. The average Bonchev–Trinajstić information content (AvgIpc) is 2.25. The highest BCUT2D eigenvalue weighted by atomic mass is 15.0. The van der Waals surface area contributed by atoms with Crippen LogP contribution >= 0.6 is 0 Å². The summed E-state index contributed by atoms with van der Waals surface area (Å²) in [5.41, 5.74) is 1.64. The molecule has 0 spiro atoms. The summed E-state index contributed by atoms with van der Waals surface area (Å²) in [4.78, 5) is 0. The van der Waals surface area contributed by atoms with Gasteiger partial charge >= 0.3 is 0 Å². The summed E-state index contributed by atoms with van der Waals surface area (Å²) in [6, 6.07) is 15.0. The van der Waals surface area contributed by atoms with Crippen molar-refractivity contribution >= 4 is 16.5 Å². The normalized spacial score (nSPS) is 12.7. The minimum Gasteiger partial charge on any atom is -0.380 e. The number of nitrogens with one attached hydrogen (secondary N) is 1. The lowest BCUT2D eigenvalue weighted by molar-refractivity contribution is 0.302. The molecule has 1 N–H and O–H groups in total. The van der Waals surface area contributed by atoms with Crippen molar-refractivity contribution in [2.75, 3.05) is 5.32 Å². The van der Waals surface area contributed by atoms with E-state index in [4.69, 9.17) is 0 Å². The number of rotatable bonds is 3. The molecule has 2 aromatic rings. The van der Waals surface area contributed by atoms with Crippen LogP contribution in [0.1, 0.15) is 41.0 Å². The van der Waals surface area contributed by atoms with Crippen molar-refractivity contribution in [1.82, 2.24) is 0 Å². The highest BCUT2D eigenvalue weighted by molar-refractivity contribution is 5.94. The van der Waals surface area contributed by atoms with Crippen molar-refractivity contribution in [3.8, 4) is 0 Å². The van der Waals surface area contributed by atoms with E-state index in [0.717, 1.165) is 6.42 Å². The standard InChI is InChI=1S/C18H25N/c1-17(2,3)13-18(4,5)19-16-12-8-10-14-9-6-7-11-15(14)16/h6-12,19H,13H2,1-5H3. The van der Waals surface area contributed by atoms with E-state index in [2.05, 4.69) is 82.4 Å². The first-order chi connectivity index (χ1) is 8.77. The van der Waals surface area contributed by atoms with Crippen LogP contribution in [0, 0.1) is 5.41 Å². The molecule has 0 unspecified atom stereocenters. The van der Waals surface area contributed by atoms with E-state index >= 15 is 0 Å². The van der Waals surface area contributed by atoms with Crippen LogP contribution in [0.15, 0.2) is 42.5 Å². The number of hydrogen-bond acceptors (Lipinski definition) is 1. The van der Waals surface area contributed by atoms with Crippen molar-refractivity contribution < 1.29 is 0 Å². The number of benzene rings is 2. The maximum Gasteiger partial charge on any atom is 0.0423 e. The number of hydrogen-bond donors (Lipinski definition) is 1. The summed E-state index contributed by atoms with van der Waals surface area (Å²) >= 11 is 0. The summed E-state index contributed by atoms with van der Waals surface area (Å²) in [7, 11) is 0. The predicted molar refractivity (Wildman–Crippen MR) is 85.7 cm³/mol. The minimum absolute atomic E-state index is 0.0857. The van der Waals surface area contributed by atoms with Gasteiger partial charge in [0.2, 0.25) is 0 Å². The molecule has 0 aromatic heterocycles. The summed E-state index contributed by atoms with van der Waals surface area (Å²) in [6.45, 7) is 11.4. The van der Waals surface area contributed by atoms with Crippen LogP contribution in [0.2, 0.25) is 0 Å². The first-order valence-electron chi connectivity index (χ1n) is 7.03. The van der Waals surface area contributed by atoms with E-state index < -0.39 is 0 Å². The maximum absolute atomic E-state index is 3.72. The molecule has 0 bridgehead atoms. The van der Waals surface area contributed by atoms with E-state index in [-0.39, 0.29) is 5.54 Å². The Morgan fingerprint density at radius 1 is 0.842 bits per heavy atom. The van der Waals surface area contributed by atoms with Gasteiger partial charge in [0, 0.05) is 16.6 Å². The molecule has 0 fully saturated rings. The van der Waals surface area contributed by atoms with Gasteiger partial charge in [-0.3, -0.25) is 0 Å². The topological polar surface area (TPSA) is 12.0 Å². The summed E-state index contributed by atoms with van der Waals surface area (Å²) in [5, 5.41) is 6.31. The maximum atomic E-state index is 3.72. The van der Waals surface area contributed by atoms with Gasteiger partial charge in [0.15, 0.2) is 0 Å². The fourth-order valence-electron chi connectivity index (χ4n) is 3.07. The second kappa shape index (κ2) is 4.88. The zero-order valence-electron chi connectivity index (χ0n) is 12.7. The van der Waals surface area contributed by atoms with Crippen molar-refractivity contribution in [2.24, 2.45) is 5.41 Å². The molecule has 0 heterocycles. The largest absolute Gasteiger partial charge is 0.380 e. The Hall–Kier alpha value is -1.50. The second-order valence-electron chi connectivity index (χ2n) is 7.27. The molecule has 1 heteroatoms. The molecule has 2 rings (SSSR count). The molecule has 102 valence electrons. The Balaban J connectivity index is 2.31. The van der Waals surface area contributed by atoms with Crippen molar-refractivity contribution in [2.45, 2.75) is 46.6 Å². The fourth-order valence-corrected chi connectivity index (χ4v) is 3.07. The Labute approximate surface area is 117 Å². The van der Waals surface area contributed by atoms with Crippen LogP contribution in [0.4, 0.5) is 5.69 Å². The van der Waals surface area contributed by atoms with Crippen LogP contribution in [-0.4, -0.2) is 5.54 Å². The van der Waals surface area contributed by atoms with Gasteiger partial charge in [0.05, 0.1) is 0 Å². The van der Waals surface area contributed by atoms with Crippen LogP contribution in [0.5, 0.6) is 0 Å². The molecule has 1 nitrogen and oxygen atoms in total. The Morgan fingerprint density at radius 3 is 2.16 bits per heavy atom. The molecule has 0 aliphatic carbocycles. The van der Waals surface area contributed by atoms with Gasteiger partial charge in [-0.25, -0.2) is 0 Å². The smallest absolute Gasteiger partial charge is 0.0423 e. The van der Waals surface area contributed by atoms with Gasteiger partial charge in [-0.1, -0.05) is 57.2 Å². The highest BCUT2D eigenvalue weighted by Gasteiger charge is 2.25. The van der Waals surface area contributed by atoms with Gasteiger partial charge in [-0.2, -0.15) is 0 Å². The molecular formula is C18H25N.